The van der Waals surface area contributed by atoms with Gasteiger partial charge in [0, 0.05) is 17.5 Å². The minimum Gasteiger partial charge on any atom is -0.274 e. The van der Waals surface area contributed by atoms with Crippen molar-refractivity contribution in [2.75, 3.05) is 4.90 Å². The van der Waals surface area contributed by atoms with Gasteiger partial charge in [-0.25, -0.2) is 4.90 Å². The molecule has 4 heteroatoms. The van der Waals surface area contributed by atoms with Crippen LogP contribution >= 0.6 is 0 Å². The number of rotatable bonds is 3. The fourth-order valence-corrected chi connectivity index (χ4v) is 7.74. The molecule has 4 nitrogen and oxygen atoms in total. The number of benzene rings is 5. The van der Waals surface area contributed by atoms with E-state index in [1.165, 1.54) is 4.90 Å². The fraction of sp³-hybridized carbons (Fsp3) is 0.162. The van der Waals surface area contributed by atoms with Crippen molar-refractivity contribution < 1.29 is 9.59 Å². The zero-order valence-corrected chi connectivity index (χ0v) is 22.9. The lowest BCUT2D eigenvalue weighted by atomic mass is 9.47. The molecule has 1 aliphatic heterocycles. The van der Waals surface area contributed by atoms with Crippen molar-refractivity contribution >= 4 is 40.2 Å². The third-order valence-electron chi connectivity index (χ3n) is 9.67. The smallest absolute Gasteiger partial charge is 0.239 e. The Morgan fingerprint density at radius 3 is 2.10 bits per heavy atom. The maximum absolute atomic E-state index is 14.8. The summed E-state index contributed by atoms with van der Waals surface area (Å²) < 4.78 is 0. The average Bonchev–Trinajstić information content (AvgIpc) is 3.28. The molecular formula is C37H28N2O2. The van der Waals surface area contributed by atoms with E-state index in [-0.39, 0.29) is 17.7 Å². The van der Waals surface area contributed by atoms with Crippen molar-refractivity contribution in [2.24, 2.45) is 16.8 Å². The molecule has 1 saturated heterocycles. The Morgan fingerprint density at radius 1 is 0.707 bits per heavy atom. The Hall–Kier alpha value is -4.83. The molecule has 2 amide bonds. The van der Waals surface area contributed by atoms with E-state index in [0.29, 0.717) is 5.69 Å². The van der Waals surface area contributed by atoms with Gasteiger partial charge in [-0.15, -0.1) is 0 Å². The third-order valence-corrected chi connectivity index (χ3v) is 9.67. The number of fused-ring (bicyclic) bond motifs is 1. The zero-order chi connectivity index (χ0) is 27.9. The van der Waals surface area contributed by atoms with Gasteiger partial charge in [0.15, 0.2) is 0 Å². The SMILES string of the molecule is Cc1cccc(N=CC23c4ccccc4C(c4ccccc42)[C@@H]2C(=O)N(c4cccc5ccccc45)C(=O)[C@@H]23)c1C. The number of amides is 2. The highest BCUT2D eigenvalue weighted by atomic mass is 16.2. The molecule has 0 aromatic heterocycles. The van der Waals surface area contributed by atoms with Gasteiger partial charge in [-0.1, -0.05) is 97.1 Å². The van der Waals surface area contributed by atoms with E-state index in [1.807, 2.05) is 85.1 Å². The van der Waals surface area contributed by atoms with Crippen LogP contribution < -0.4 is 4.90 Å². The summed E-state index contributed by atoms with van der Waals surface area (Å²) in [4.78, 5) is 36.0. The minimum absolute atomic E-state index is 0.130. The molecular weight excluding hydrogens is 504 g/mol. The molecule has 5 aromatic carbocycles. The van der Waals surface area contributed by atoms with Crippen LogP contribution in [0.5, 0.6) is 0 Å². The maximum Gasteiger partial charge on any atom is 0.239 e. The van der Waals surface area contributed by atoms with Gasteiger partial charge in [0.25, 0.3) is 0 Å². The number of carbonyl (C=O) groups is 2. The van der Waals surface area contributed by atoms with E-state index < -0.39 is 17.3 Å². The fourth-order valence-electron chi connectivity index (χ4n) is 7.74. The van der Waals surface area contributed by atoms with Crippen LogP contribution in [-0.4, -0.2) is 18.0 Å². The quantitative estimate of drug-likeness (QED) is 0.179. The average molecular weight is 533 g/mol. The van der Waals surface area contributed by atoms with Gasteiger partial charge >= 0.3 is 0 Å². The van der Waals surface area contributed by atoms with Crippen molar-refractivity contribution in [1.29, 1.82) is 0 Å². The highest BCUT2D eigenvalue weighted by molar-refractivity contribution is 6.27. The Kier molecular flexibility index (Phi) is 5.03. The minimum atomic E-state index is -0.880. The molecule has 1 fully saturated rings. The van der Waals surface area contributed by atoms with Gasteiger partial charge in [-0.3, -0.25) is 14.6 Å². The van der Waals surface area contributed by atoms with Crippen LogP contribution in [0, 0.1) is 25.7 Å². The molecule has 0 N–H and O–H groups in total. The maximum atomic E-state index is 14.8. The first-order valence-electron chi connectivity index (χ1n) is 14.2. The van der Waals surface area contributed by atoms with Gasteiger partial charge < -0.3 is 0 Å². The van der Waals surface area contributed by atoms with Gasteiger partial charge in [0.1, 0.15) is 0 Å². The number of aryl methyl sites for hydroxylation is 1. The van der Waals surface area contributed by atoms with Crippen LogP contribution in [0.3, 0.4) is 0 Å². The highest BCUT2D eigenvalue weighted by Gasteiger charge is 2.68. The van der Waals surface area contributed by atoms with Crippen LogP contribution in [-0.2, 0) is 15.0 Å². The zero-order valence-electron chi connectivity index (χ0n) is 22.9. The molecule has 2 atom stereocenters. The molecule has 0 saturated carbocycles. The lowest BCUT2D eigenvalue weighted by Crippen LogP contribution is -2.54. The molecule has 0 radical (unpaired) electrons. The number of nitrogens with zero attached hydrogens (tertiary/aromatic N) is 2. The molecule has 5 aromatic rings. The standard InChI is InChI=1S/C37H28N2O2/c1-22-11-9-19-30(23(22)2)38-21-37-28-17-7-5-15-26(28)32(27-16-6-8-18-29(27)37)33-34(37)36(41)39(35(33)40)31-20-10-13-24-12-3-4-14-25(24)31/h3-21,32-34H,1-2H3/t32?,33-,34+,37?/m0/s1. The first-order valence-corrected chi connectivity index (χ1v) is 14.2. The summed E-state index contributed by atoms with van der Waals surface area (Å²) in [5.74, 6) is -1.60. The second-order valence-electron chi connectivity index (χ2n) is 11.5. The second-order valence-corrected chi connectivity index (χ2v) is 11.5. The summed E-state index contributed by atoms with van der Waals surface area (Å²) in [7, 11) is 0. The Bertz CT molecular complexity index is 1900. The molecule has 3 aliphatic carbocycles. The number of carbonyl (C=O) groups excluding carboxylic acids is 2. The molecule has 198 valence electrons. The van der Waals surface area contributed by atoms with Crippen LogP contribution in [0.2, 0.25) is 0 Å². The Labute approximate surface area is 239 Å². The highest BCUT2D eigenvalue weighted by Crippen LogP contribution is 2.64. The normalized spacial score (nSPS) is 24.1. The second kappa shape index (κ2) is 8.58. The lowest BCUT2D eigenvalue weighted by Gasteiger charge is -2.52. The largest absolute Gasteiger partial charge is 0.274 e. The molecule has 0 unspecified atom stereocenters. The van der Waals surface area contributed by atoms with Crippen LogP contribution in [0.4, 0.5) is 11.4 Å². The number of aliphatic imine (C=N–C) groups is 1. The number of hydrogen-bond donors (Lipinski definition) is 0. The molecule has 0 spiro atoms. The van der Waals surface area contributed by atoms with Crippen molar-refractivity contribution in [3.8, 4) is 0 Å². The summed E-state index contributed by atoms with van der Waals surface area (Å²) in [5, 5.41) is 1.90. The topological polar surface area (TPSA) is 49.7 Å². The van der Waals surface area contributed by atoms with E-state index >= 15 is 0 Å². The van der Waals surface area contributed by atoms with Crippen molar-refractivity contribution in [3.05, 3.63) is 143 Å². The summed E-state index contributed by atoms with van der Waals surface area (Å²) in [5.41, 5.74) is 7.28. The van der Waals surface area contributed by atoms with Crippen molar-refractivity contribution in [3.63, 3.8) is 0 Å². The summed E-state index contributed by atoms with van der Waals surface area (Å²) in [6.45, 7) is 4.16. The van der Waals surface area contributed by atoms with E-state index in [9.17, 15) is 9.59 Å². The predicted molar refractivity (Wildman–Crippen MR) is 163 cm³/mol. The van der Waals surface area contributed by atoms with E-state index in [0.717, 1.165) is 49.8 Å². The van der Waals surface area contributed by atoms with E-state index in [2.05, 4.69) is 44.2 Å². The molecule has 4 aliphatic rings. The van der Waals surface area contributed by atoms with Crippen LogP contribution in [0.15, 0.2) is 114 Å². The molecule has 41 heavy (non-hydrogen) atoms. The lowest BCUT2D eigenvalue weighted by molar-refractivity contribution is -0.122. The first kappa shape index (κ1) is 24.0. The first-order chi connectivity index (χ1) is 20.0. The summed E-state index contributed by atoms with van der Waals surface area (Å²) >= 11 is 0. The van der Waals surface area contributed by atoms with Crippen molar-refractivity contribution in [2.45, 2.75) is 25.2 Å². The number of imide groups is 1. The summed E-state index contributed by atoms with van der Waals surface area (Å²) in [6, 6.07) is 36.6. The van der Waals surface area contributed by atoms with Crippen molar-refractivity contribution in [1.82, 2.24) is 0 Å². The predicted octanol–water partition coefficient (Wildman–Crippen LogP) is 7.41. The molecule has 9 rings (SSSR count). The Morgan fingerprint density at radius 2 is 1.34 bits per heavy atom. The third kappa shape index (κ3) is 3.08. The van der Waals surface area contributed by atoms with Crippen LogP contribution in [0.25, 0.3) is 10.8 Å². The molecule has 1 heterocycles. The van der Waals surface area contributed by atoms with E-state index in [4.69, 9.17) is 4.99 Å². The van der Waals surface area contributed by atoms with Gasteiger partial charge in [0.2, 0.25) is 11.8 Å². The number of hydrogen-bond acceptors (Lipinski definition) is 3. The van der Waals surface area contributed by atoms with Gasteiger partial charge in [0.05, 0.1) is 28.6 Å². The molecule has 2 bridgehead atoms. The van der Waals surface area contributed by atoms with E-state index in [1.54, 1.807) is 0 Å². The Balaban J connectivity index is 1.41. The van der Waals surface area contributed by atoms with Gasteiger partial charge in [-0.2, -0.15) is 0 Å². The monoisotopic (exact) mass is 532 g/mol. The van der Waals surface area contributed by atoms with Gasteiger partial charge in [-0.05, 0) is 64.7 Å². The summed E-state index contributed by atoms with van der Waals surface area (Å²) in [6.07, 6.45) is 1.98. The number of anilines is 1. The van der Waals surface area contributed by atoms with Crippen LogP contribution in [0.1, 0.15) is 39.3 Å².